The fourth-order valence-corrected chi connectivity index (χ4v) is 3.04. The number of piperidine rings is 1. The maximum Gasteiger partial charge on any atom is 0.341 e. The molecule has 1 aliphatic rings. The highest BCUT2D eigenvalue weighted by Gasteiger charge is 2.27. The predicted octanol–water partition coefficient (Wildman–Crippen LogP) is 3.63. The minimum absolute atomic E-state index is 0.00379. The minimum Gasteiger partial charge on any atom is -0.458 e. The van der Waals surface area contributed by atoms with E-state index >= 15 is 0 Å². The van der Waals surface area contributed by atoms with Crippen molar-refractivity contribution in [1.29, 1.82) is 0 Å². The van der Waals surface area contributed by atoms with E-state index in [4.69, 9.17) is 4.74 Å². The van der Waals surface area contributed by atoms with E-state index in [1.54, 1.807) is 12.1 Å². The van der Waals surface area contributed by atoms with Crippen molar-refractivity contribution in [3.05, 3.63) is 35.6 Å². The number of carbonyl (C=O) groups excluding carboxylic acids is 1. The van der Waals surface area contributed by atoms with Crippen LogP contribution in [0.4, 0.5) is 4.39 Å². The van der Waals surface area contributed by atoms with Crippen molar-refractivity contribution in [1.82, 2.24) is 4.90 Å². The number of nitrogens with zero attached hydrogens (tertiary/aromatic N) is 1. The molecule has 21 heavy (non-hydrogen) atoms. The molecule has 0 saturated carbocycles. The van der Waals surface area contributed by atoms with Gasteiger partial charge in [0.25, 0.3) is 0 Å². The van der Waals surface area contributed by atoms with Crippen LogP contribution in [0.2, 0.25) is 0 Å². The molecule has 1 heterocycles. The SMILES string of the molecule is C[C@@H]1CCC[C@@H](C)N1C[C@H](C)OC(=O)c1ccccc1F. The molecule has 0 amide bonds. The van der Waals surface area contributed by atoms with Gasteiger partial charge in [0.05, 0.1) is 5.56 Å². The summed E-state index contributed by atoms with van der Waals surface area (Å²) in [5.41, 5.74) is 0.00379. The van der Waals surface area contributed by atoms with E-state index < -0.39 is 11.8 Å². The van der Waals surface area contributed by atoms with Crippen LogP contribution in [0.1, 0.15) is 50.4 Å². The Balaban J connectivity index is 1.93. The molecule has 2 rings (SSSR count). The Morgan fingerprint density at radius 3 is 2.57 bits per heavy atom. The first kappa shape index (κ1) is 16.0. The van der Waals surface area contributed by atoms with Gasteiger partial charge in [-0.05, 0) is 45.7 Å². The van der Waals surface area contributed by atoms with Crippen LogP contribution in [0.15, 0.2) is 24.3 Å². The molecule has 116 valence electrons. The van der Waals surface area contributed by atoms with Gasteiger partial charge in [-0.2, -0.15) is 0 Å². The number of likely N-dealkylation sites (tertiary alicyclic amines) is 1. The Labute approximate surface area is 126 Å². The maximum atomic E-state index is 13.6. The number of benzene rings is 1. The normalized spacial score (nSPS) is 24.6. The molecule has 1 aliphatic heterocycles. The third kappa shape index (κ3) is 4.03. The summed E-state index contributed by atoms with van der Waals surface area (Å²) in [4.78, 5) is 14.4. The van der Waals surface area contributed by atoms with Crippen molar-refractivity contribution in [2.45, 2.75) is 58.2 Å². The van der Waals surface area contributed by atoms with Crippen LogP contribution in [0.25, 0.3) is 0 Å². The Hall–Kier alpha value is -1.42. The van der Waals surface area contributed by atoms with Gasteiger partial charge in [0.2, 0.25) is 0 Å². The van der Waals surface area contributed by atoms with Gasteiger partial charge >= 0.3 is 5.97 Å². The van der Waals surface area contributed by atoms with Gasteiger partial charge in [0.1, 0.15) is 11.9 Å². The summed E-state index contributed by atoms with van der Waals surface area (Å²) < 4.78 is 19.0. The van der Waals surface area contributed by atoms with Crippen LogP contribution in [0, 0.1) is 5.82 Å². The highest BCUT2D eigenvalue weighted by Crippen LogP contribution is 2.23. The third-order valence-electron chi connectivity index (χ3n) is 4.25. The van der Waals surface area contributed by atoms with Crippen LogP contribution in [0.5, 0.6) is 0 Å². The monoisotopic (exact) mass is 293 g/mol. The van der Waals surface area contributed by atoms with Gasteiger partial charge < -0.3 is 4.74 Å². The molecule has 1 aromatic rings. The summed E-state index contributed by atoms with van der Waals surface area (Å²) in [5.74, 6) is -1.12. The zero-order chi connectivity index (χ0) is 15.4. The van der Waals surface area contributed by atoms with E-state index in [1.807, 2.05) is 6.92 Å². The van der Waals surface area contributed by atoms with Gasteiger partial charge in [0.15, 0.2) is 0 Å². The van der Waals surface area contributed by atoms with Crippen molar-refractivity contribution in [3.8, 4) is 0 Å². The average Bonchev–Trinajstić information content (AvgIpc) is 2.43. The molecule has 1 saturated heterocycles. The van der Waals surface area contributed by atoms with E-state index in [2.05, 4.69) is 18.7 Å². The lowest BCUT2D eigenvalue weighted by Crippen LogP contribution is -2.47. The summed E-state index contributed by atoms with van der Waals surface area (Å²) >= 11 is 0. The molecule has 4 heteroatoms. The lowest BCUT2D eigenvalue weighted by Gasteiger charge is -2.40. The smallest absolute Gasteiger partial charge is 0.341 e. The molecule has 0 aromatic heterocycles. The fraction of sp³-hybridized carbons (Fsp3) is 0.588. The second-order valence-corrected chi connectivity index (χ2v) is 6.02. The average molecular weight is 293 g/mol. The molecular formula is C17H24FNO2. The zero-order valence-electron chi connectivity index (χ0n) is 13.0. The Morgan fingerprint density at radius 1 is 1.33 bits per heavy atom. The Morgan fingerprint density at radius 2 is 1.95 bits per heavy atom. The molecule has 0 N–H and O–H groups in total. The van der Waals surface area contributed by atoms with E-state index in [0.29, 0.717) is 18.6 Å². The molecule has 0 unspecified atom stereocenters. The second kappa shape index (κ2) is 7.03. The first-order valence-electron chi connectivity index (χ1n) is 7.70. The minimum atomic E-state index is -0.585. The molecule has 0 bridgehead atoms. The topological polar surface area (TPSA) is 29.5 Å². The van der Waals surface area contributed by atoms with E-state index in [-0.39, 0.29) is 11.7 Å². The largest absolute Gasteiger partial charge is 0.458 e. The summed E-state index contributed by atoms with van der Waals surface area (Å²) in [6, 6.07) is 6.94. The van der Waals surface area contributed by atoms with E-state index in [9.17, 15) is 9.18 Å². The van der Waals surface area contributed by atoms with Crippen LogP contribution in [-0.4, -0.2) is 35.6 Å². The zero-order valence-corrected chi connectivity index (χ0v) is 13.0. The van der Waals surface area contributed by atoms with Crippen molar-refractivity contribution in [2.24, 2.45) is 0 Å². The highest BCUT2D eigenvalue weighted by molar-refractivity contribution is 5.89. The predicted molar refractivity (Wildman–Crippen MR) is 80.8 cm³/mol. The van der Waals surface area contributed by atoms with E-state index in [1.165, 1.54) is 31.4 Å². The maximum absolute atomic E-state index is 13.6. The molecule has 0 spiro atoms. The summed E-state index contributed by atoms with van der Waals surface area (Å²) in [6.07, 6.45) is 3.36. The van der Waals surface area contributed by atoms with Crippen LogP contribution < -0.4 is 0 Å². The van der Waals surface area contributed by atoms with E-state index in [0.717, 1.165) is 0 Å². The summed E-state index contributed by atoms with van der Waals surface area (Å²) in [5, 5.41) is 0. The molecule has 1 aromatic carbocycles. The Kier molecular flexibility index (Phi) is 5.34. The summed E-state index contributed by atoms with van der Waals surface area (Å²) in [6.45, 7) is 6.98. The molecule has 0 aliphatic carbocycles. The molecular weight excluding hydrogens is 269 g/mol. The van der Waals surface area contributed by atoms with Gasteiger partial charge in [-0.1, -0.05) is 18.6 Å². The fourth-order valence-electron chi connectivity index (χ4n) is 3.04. The first-order valence-corrected chi connectivity index (χ1v) is 7.70. The van der Waals surface area contributed by atoms with Crippen molar-refractivity contribution >= 4 is 5.97 Å². The Bertz CT molecular complexity index is 481. The van der Waals surface area contributed by atoms with Gasteiger partial charge in [-0.25, -0.2) is 9.18 Å². The van der Waals surface area contributed by atoms with Crippen LogP contribution >= 0.6 is 0 Å². The molecule has 1 fully saturated rings. The van der Waals surface area contributed by atoms with Crippen molar-refractivity contribution in [2.75, 3.05) is 6.54 Å². The lowest BCUT2D eigenvalue weighted by molar-refractivity contribution is 0.00775. The number of ether oxygens (including phenoxy) is 1. The quantitative estimate of drug-likeness (QED) is 0.794. The first-order chi connectivity index (χ1) is 9.99. The van der Waals surface area contributed by atoms with Crippen molar-refractivity contribution < 1.29 is 13.9 Å². The lowest BCUT2D eigenvalue weighted by atomic mass is 9.97. The number of hydrogen-bond acceptors (Lipinski definition) is 3. The molecule has 3 nitrogen and oxygen atoms in total. The standard InChI is InChI=1S/C17H24FNO2/c1-12-7-6-8-13(2)19(12)11-14(3)21-17(20)15-9-4-5-10-16(15)18/h4-5,9-10,12-14H,6-8,11H2,1-3H3/t12-,13-,14+/m1/s1. The number of rotatable bonds is 4. The number of carbonyl (C=O) groups is 1. The number of halogens is 1. The number of esters is 1. The van der Waals surface area contributed by atoms with Crippen LogP contribution in [0.3, 0.4) is 0 Å². The molecule has 3 atom stereocenters. The second-order valence-electron chi connectivity index (χ2n) is 6.02. The summed E-state index contributed by atoms with van der Waals surface area (Å²) in [7, 11) is 0. The van der Waals surface area contributed by atoms with Gasteiger partial charge in [-0.3, -0.25) is 4.90 Å². The van der Waals surface area contributed by atoms with Gasteiger partial charge in [-0.15, -0.1) is 0 Å². The number of hydrogen-bond donors (Lipinski definition) is 0. The van der Waals surface area contributed by atoms with Crippen molar-refractivity contribution in [3.63, 3.8) is 0 Å². The van der Waals surface area contributed by atoms with Gasteiger partial charge in [0, 0.05) is 18.6 Å². The molecule has 0 radical (unpaired) electrons. The highest BCUT2D eigenvalue weighted by atomic mass is 19.1. The van der Waals surface area contributed by atoms with Crippen LogP contribution in [-0.2, 0) is 4.74 Å². The third-order valence-corrected chi connectivity index (χ3v) is 4.25.